The number of hydrogen-bond donors (Lipinski definition) is 3. The zero-order valence-corrected chi connectivity index (χ0v) is 18.3. The van der Waals surface area contributed by atoms with E-state index in [1.54, 1.807) is 19.1 Å². The van der Waals surface area contributed by atoms with Gasteiger partial charge >= 0.3 is 0 Å². The van der Waals surface area contributed by atoms with Crippen LogP contribution < -0.4 is 20.1 Å². The molecule has 1 heterocycles. The quantitative estimate of drug-likeness (QED) is 0.460. The van der Waals surface area contributed by atoms with E-state index in [1.165, 1.54) is 30.3 Å². The van der Waals surface area contributed by atoms with Gasteiger partial charge in [0.2, 0.25) is 0 Å². The molecule has 0 saturated heterocycles. The minimum Gasteiger partial charge on any atom is -0.484 e. The normalized spacial score (nSPS) is 10.9. The van der Waals surface area contributed by atoms with E-state index in [4.69, 9.17) is 21.5 Å². The number of nitrogens with zero attached hydrogens (tertiary/aromatic N) is 1. The standard InChI is InChI=1S/C20H20N4O5S2/c1-13-3-7-16(8-4-13)28-12-19(25)22-20(30)21-15-5-9-17(10-6-15)31(26,27)24-18-11-14(2)29-23-18/h3-11H,12H2,1-2H3,(H,23,24)(H2,21,22,25,30). The lowest BCUT2D eigenvalue weighted by Crippen LogP contribution is -2.37. The third-order valence-corrected chi connectivity index (χ3v) is 5.51. The van der Waals surface area contributed by atoms with Gasteiger partial charge in [0, 0.05) is 11.8 Å². The van der Waals surface area contributed by atoms with Crippen LogP contribution in [0, 0.1) is 13.8 Å². The lowest BCUT2D eigenvalue weighted by Gasteiger charge is -2.11. The highest BCUT2D eigenvalue weighted by Gasteiger charge is 2.16. The molecule has 0 saturated carbocycles. The summed E-state index contributed by atoms with van der Waals surface area (Å²) in [5, 5.41) is 8.97. The summed E-state index contributed by atoms with van der Waals surface area (Å²) in [4.78, 5) is 12.0. The van der Waals surface area contributed by atoms with Crippen molar-refractivity contribution < 1.29 is 22.5 Å². The van der Waals surface area contributed by atoms with Gasteiger partial charge in [-0.1, -0.05) is 22.9 Å². The van der Waals surface area contributed by atoms with Gasteiger partial charge in [-0.05, 0) is 62.5 Å². The van der Waals surface area contributed by atoms with Crippen molar-refractivity contribution in [1.29, 1.82) is 0 Å². The summed E-state index contributed by atoms with van der Waals surface area (Å²) in [6.45, 7) is 3.41. The maximum Gasteiger partial charge on any atom is 0.264 e. The molecule has 1 amide bonds. The molecule has 0 bridgehead atoms. The number of aromatic nitrogens is 1. The van der Waals surface area contributed by atoms with Gasteiger partial charge in [-0.25, -0.2) is 8.42 Å². The number of carbonyl (C=O) groups excluding carboxylic acids is 1. The highest BCUT2D eigenvalue weighted by Crippen LogP contribution is 2.18. The maximum atomic E-state index is 12.4. The van der Waals surface area contributed by atoms with E-state index in [-0.39, 0.29) is 22.4 Å². The van der Waals surface area contributed by atoms with Crippen LogP contribution in [0.3, 0.4) is 0 Å². The minimum absolute atomic E-state index is 0.0279. The molecular formula is C20H20N4O5S2. The summed E-state index contributed by atoms with van der Waals surface area (Å²) in [5.41, 5.74) is 1.59. The van der Waals surface area contributed by atoms with Crippen molar-refractivity contribution in [3.63, 3.8) is 0 Å². The second-order valence-electron chi connectivity index (χ2n) is 6.56. The van der Waals surface area contributed by atoms with E-state index >= 15 is 0 Å². The second-order valence-corrected chi connectivity index (χ2v) is 8.65. The molecule has 162 valence electrons. The second kappa shape index (κ2) is 9.58. The first kappa shape index (κ1) is 22.2. The Kier molecular flexibility index (Phi) is 6.88. The third-order valence-electron chi connectivity index (χ3n) is 3.93. The Balaban J connectivity index is 1.51. The summed E-state index contributed by atoms with van der Waals surface area (Å²) < 4.78 is 37.3. The number of hydrogen-bond acceptors (Lipinski definition) is 7. The molecule has 0 aliphatic rings. The van der Waals surface area contributed by atoms with Crippen LogP contribution in [-0.4, -0.2) is 31.2 Å². The molecule has 0 spiro atoms. The average Bonchev–Trinajstić information content (AvgIpc) is 3.11. The van der Waals surface area contributed by atoms with E-state index in [9.17, 15) is 13.2 Å². The maximum absolute atomic E-state index is 12.4. The predicted octanol–water partition coefficient (Wildman–Crippen LogP) is 2.98. The zero-order chi connectivity index (χ0) is 22.4. The first-order chi connectivity index (χ1) is 14.7. The molecule has 11 heteroatoms. The molecule has 3 N–H and O–H groups in total. The van der Waals surface area contributed by atoms with Gasteiger partial charge in [-0.3, -0.25) is 14.8 Å². The molecule has 3 rings (SSSR count). The topological polar surface area (TPSA) is 123 Å². The van der Waals surface area contributed by atoms with Gasteiger partial charge in [-0.2, -0.15) is 0 Å². The molecule has 2 aromatic carbocycles. The zero-order valence-electron chi connectivity index (χ0n) is 16.7. The van der Waals surface area contributed by atoms with Gasteiger partial charge in [0.25, 0.3) is 15.9 Å². The number of carbonyl (C=O) groups is 1. The van der Waals surface area contributed by atoms with Crippen LogP contribution in [0.5, 0.6) is 5.75 Å². The number of benzene rings is 2. The highest BCUT2D eigenvalue weighted by molar-refractivity contribution is 7.92. The van der Waals surface area contributed by atoms with E-state index in [2.05, 4.69) is 20.5 Å². The number of ether oxygens (including phenoxy) is 1. The molecular weight excluding hydrogens is 440 g/mol. The third kappa shape index (κ3) is 6.52. The molecule has 31 heavy (non-hydrogen) atoms. The first-order valence-electron chi connectivity index (χ1n) is 9.08. The van der Waals surface area contributed by atoms with Crippen molar-refractivity contribution in [2.45, 2.75) is 18.7 Å². The number of aryl methyl sites for hydroxylation is 2. The minimum atomic E-state index is -3.82. The van der Waals surface area contributed by atoms with Crippen LogP contribution in [-0.2, 0) is 14.8 Å². The molecule has 1 aromatic heterocycles. The number of sulfonamides is 1. The Morgan fingerprint density at radius 1 is 1.10 bits per heavy atom. The van der Waals surface area contributed by atoms with Crippen molar-refractivity contribution in [1.82, 2.24) is 10.5 Å². The summed E-state index contributed by atoms with van der Waals surface area (Å²) in [7, 11) is -3.82. The average molecular weight is 461 g/mol. The van der Waals surface area contributed by atoms with Gasteiger partial charge in [0.1, 0.15) is 11.5 Å². The molecule has 0 fully saturated rings. The number of amides is 1. The van der Waals surface area contributed by atoms with Crippen LogP contribution in [0.25, 0.3) is 0 Å². The van der Waals surface area contributed by atoms with Crippen LogP contribution >= 0.6 is 12.2 Å². The van der Waals surface area contributed by atoms with Crippen molar-refractivity contribution in [3.05, 3.63) is 65.9 Å². The largest absolute Gasteiger partial charge is 0.484 e. The van der Waals surface area contributed by atoms with Crippen molar-refractivity contribution >= 4 is 44.8 Å². The van der Waals surface area contributed by atoms with Crippen molar-refractivity contribution in [2.75, 3.05) is 16.6 Å². The van der Waals surface area contributed by atoms with E-state index in [0.717, 1.165) is 5.56 Å². The van der Waals surface area contributed by atoms with E-state index < -0.39 is 15.9 Å². The molecule has 0 atom stereocenters. The lowest BCUT2D eigenvalue weighted by atomic mass is 10.2. The van der Waals surface area contributed by atoms with E-state index in [1.807, 2.05) is 19.1 Å². The summed E-state index contributed by atoms with van der Waals surface area (Å²) in [6.07, 6.45) is 0. The molecule has 0 aliphatic carbocycles. The van der Waals surface area contributed by atoms with Crippen LogP contribution in [0.4, 0.5) is 11.5 Å². The highest BCUT2D eigenvalue weighted by atomic mass is 32.2. The van der Waals surface area contributed by atoms with Crippen molar-refractivity contribution in [3.8, 4) is 5.75 Å². The Labute approximate surface area is 184 Å². The molecule has 3 aromatic rings. The Morgan fingerprint density at radius 2 is 1.77 bits per heavy atom. The molecule has 0 radical (unpaired) electrons. The Morgan fingerprint density at radius 3 is 2.39 bits per heavy atom. The molecule has 0 aliphatic heterocycles. The van der Waals surface area contributed by atoms with Crippen LogP contribution in [0.1, 0.15) is 11.3 Å². The summed E-state index contributed by atoms with van der Waals surface area (Å²) >= 11 is 5.11. The smallest absolute Gasteiger partial charge is 0.264 e. The fourth-order valence-electron chi connectivity index (χ4n) is 2.44. The fraction of sp³-hybridized carbons (Fsp3) is 0.150. The molecule has 0 unspecified atom stereocenters. The fourth-order valence-corrected chi connectivity index (χ4v) is 3.65. The number of anilines is 2. The Bertz CT molecular complexity index is 1170. The number of thiocarbonyl (C=S) groups is 1. The van der Waals surface area contributed by atoms with Gasteiger partial charge in [-0.15, -0.1) is 0 Å². The molecule has 9 nitrogen and oxygen atoms in total. The van der Waals surface area contributed by atoms with E-state index in [0.29, 0.717) is 17.2 Å². The Hall–Kier alpha value is -3.44. The lowest BCUT2D eigenvalue weighted by molar-refractivity contribution is -0.121. The van der Waals surface area contributed by atoms with Crippen molar-refractivity contribution in [2.24, 2.45) is 0 Å². The number of rotatable bonds is 7. The summed E-state index contributed by atoms with van der Waals surface area (Å²) in [5.74, 6) is 0.726. The monoisotopic (exact) mass is 460 g/mol. The number of nitrogens with one attached hydrogen (secondary N) is 3. The van der Waals surface area contributed by atoms with Crippen LogP contribution in [0.15, 0.2) is 64.0 Å². The summed E-state index contributed by atoms with van der Waals surface area (Å²) in [6, 6.07) is 14.6. The SMILES string of the molecule is Cc1ccc(OCC(=O)NC(=S)Nc2ccc(S(=O)(=O)Nc3cc(C)on3)cc2)cc1. The predicted molar refractivity (Wildman–Crippen MR) is 120 cm³/mol. The first-order valence-corrected chi connectivity index (χ1v) is 11.0. The van der Waals surface area contributed by atoms with Gasteiger partial charge < -0.3 is 14.6 Å². The van der Waals surface area contributed by atoms with Crippen LogP contribution in [0.2, 0.25) is 0 Å². The van der Waals surface area contributed by atoms with Gasteiger partial charge in [0.15, 0.2) is 17.5 Å². The van der Waals surface area contributed by atoms with Gasteiger partial charge in [0.05, 0.1) is 4.90 Å².